The van der Waals surface area contributed by atoms with E-state index >= 15 is 0 Å². The van der Waals surface area contributed by atoms with E-state index in [9.17, 15) is 4.79 Å². The van der Waals surface area contributed by atoms with Crippen molar-refractivity contribution >= 4 is 5.91 Å². The van der Waals surface area contributed by atoms with Crippen LogP contribution in [0.1, 0.15) is 15.9 Å². The first kappa shape index (κ1) is 18.4. The van der Waals surface area contributed by atoms with Crippen LogP contribution in [-0.2, 0) is 6.54 Å². The third-order valence-corrected chi connectivity index (χ3v) is 4.46. The number of hydrogen-bond acceptors (Lipinski definition) is 5. The average molecular weight is 385 g/mol. The van der Waals surface area contributed by atoms with E-state index in [4.69, 9.17) is 9.26 Å². The predicted octanol–water partition coefficient (Wildman–Crippen LogP) is 4.34. The van der Waals surface area contributed by atoms with Gasteiger partial charge in [0.15, 0.2) is 0 Å². The van der Waals surface area contributed by atoms with Crippen molar-refractivity contribution in [2.24, 2.45) is 0 Å². The van der Waals surface area contributed by atoms with E-state index in [0.29, 0.717) is 23.8 Å². The standard InChI is InChI=1S/C23H19N3O3/c1-28-20-13-11-19(12-14-20)23-25-21(26-29-23)17-7-9-18(10-8-17)22(27)24-15-16-5-3-2-4-6-16/h2-14H,15H2,1H3,(H,24,27). The zero-order valence-corrected chi connectivity index (χ0v) is 15.8. The molecule has 4 rings (SSSR count). The van der Waals surface area contributed by atoms with Gasteiger partial charge in [-0.3, -0.25) is 4.79 Å². The molecule has 0 unspecified atom stereocenters. The first-order chi connectivity index (χ1) is 14.2. The summed E-state index contributed by atoms with van der Waals surface area (Å²) in [7, 11) is 1.62. The van der Waals surface area contributed by atoms with Crippen LogP contribution < -0.4 is 10.1 Å². The molecule has 0 atom stereocenters. The maximum atomic E-state index is 12.3. The maximum absolute atomic E-state index is 12.3. The summed E-state index contributed by atoms with van der Waals surface area (Å²) in [6.45, 7) is 0.484. The van der Waals surface area contributed by atoms with Crippen LogP contribution in [0, 0.1) is 0 Å². The Labute approximate surface area is 168 Å². The molecule has 0 aliphatic rings. The van der Waals surface area contributed by atoms with Crippen molar-refractivity contribution in [3.8, 4) is 28.6 Å². The second-order valence-corrected chi connectivity index (χ2v) is 6.40. The zero-order valence-electron chi connectivity index (χ0n) is 15.8. The number of carbonyl (C=O) groups is 1. The van der Waals surface area contributed by atoms with Gasteiger partial charge in [-0.15, -0.1) is 0 Å². The predicted molar refractivity (Wildman–Crippen MR) is 109 cm³/mol. The summed E-state index contributed by atoms with van der Waals surface area (Å²) in [5.74, 6) is 1.52. The van der Waals surface area contributed by atoms with Gasteiger partial charge in [0.25, 0.3) is 11.8 Å². The molecule has 1 amide bonds. The highest BCUT2D eigenvalue weighted by Crippen LogP contribution is 2.24. The van der Waals surface area contributed by atoms with E-state index in [-0.39, 0.29) is 5.91 Å². The smallest absolute Gasteiger partial charge is 0.258 e. The third-order valence-electron chi connectivity index (χ3n) is 4.46. The monoisotopic (exact) mass is 385 g/mol. The minimum atomic E-state index is -0.132. The van der Waals surface area contributed by atoms with Crippen LogP contribution in [-0.4, -0.2) is 23.2 Å². The molecule has 1 N–H and O–H groups in total. The molecule has 0 fully saturated rings. The Hall–Kier alpha value is -3.93. The number of aromatic nitrogens is 2. The molecular weight excluding hydrogens is 366 g/mol. The fourth-order valence-corrected chi connectivity index (χ4v) is 2.84. The van der Waals surface area contributed by atoms with Gasteiger partial charge in [0.05, 0.1) is 7.11 Å². The quantitative estimate of drug-likeness (QED) is 0.534. The number of rotatable bonds is 6. The molecular formula is C23H19N3O3. The van der Waals surface area contributed by atoms with Crippen molar-refractivity contribution in [2.45, 2.75) is 6.54 Å². The Morgan fingerprint density at radius 3 is 2.31 bits per heavy atom. The van der Waals surface area contributed by atoms with Crippen molar-refractivity contribution in [2.75, 3.05) is 7.11 Å². The van der Waals surface area contributed by atoms with Crippen LogP contribution in [0.5, 0.6) is 5.75 Å². The van der Waals surface area contributed by atoms with Crippen LogP contribution in [0.15, 0.2) is 83.4 Å². The fraction of sp³-hybridized carbons (Fsp3) is 0.0870. The highest BCUT2D eigenvalue weighted by atomic mass is 16.5. The van der Waals surface area contributed by atoms with Gasteiger partial charge >= 0.3 is 0 Å². The summed E-state index contributed by atoms with van der Waals surface area (Å²) < 4.78 is 10.5. The zero-order chi connectivity index (χ0) is 20.1. The van der Waals surface area contributed by atoms with Crippen LogP contribution in [0.3, 0.4) is 0 Å². The van der Waals surface area contributed by atoms with Gasteiger partial charge in [0.2, 0.25) is 5.82 Å². The lowest BCUT2D eigenvalue weighted by Gasteiger charge is -2.05. The summed E-state index contributed by atoms with van der Waals surface area (Å²) in [5, 5.41) is 6.95. The van der Waals surface area contributed by atoms with Gasteiger partial charge in [-0.25, -0.2) is 0 Å². The molecule has 0 saturated carbocycles. The molecule has 6 heteroatoms. The lowest BCUT2D eigenvalue weighted by molar-refractivity contribution is 0.0951. The van der Waals surface area contributed by atoms with Crippen LogP contribution in [0.25, 0.3) is 22.8 Å². The van der Waals surface area contributed by atoms with Gasteiger partial charge < -0.3 is 14.6 Å². The Bertz CT molecular complexity index is 1090. The molecule has 6 nitrogen and oxygen atoms in total. The summed E-state index contributed by atoms with van der Waals surface area (Å²) in [6.07, 6.45) is 0. The van der Waals surface area contributed by atoms with Crippen molar-refractivity contribution in [3.05, 3.63) is 90.0 Å². The second-order valence-electron chi connectivity index (χ2n) is 6.40. The minimum absolute atomic E-state index is 0.132. The number of amides is 1. The lowest BCUT2D eigenvalue weighted by Crippen LogP contribution is -2.22. The van der Waals surface area contributed by atoms with E-state index in [0.717, 1.165) is 22.4 Å². The summed E-state index contributed by atoms with van der Waals surface area (Å²) in [5.41, 5.74) is 3.20. The number of nitrogens with one attached hydrogen (secondary N) is 1. The number of methoxy groups -OCH3 is 1. The SMILES string of the molecule is COc1ccc(-c2nc(-c3ccc(C(=O)NCc4ccccc4)cc3)no2)cc1. The Balaban J connectivity index is 1.43. The molecule has 0 aliphatic heterocycles. The topological polar surface area (TPSA) is 77.2 Å². The first-order valence-electron chi connectivity index (χ1n) is 9.13. The molecule has 0 saturated heterocycles. The molecule has 0 radical (unpaired) electrons. The molecule has 1 heterocycles. The Morgan fingerprint density at radius 1 is 0.931 bits per heavy atom. The summed E-state index contributed by atoms with van der Waals surface area (Å²) in [6, 6.07) is 24.3. The molecule has 0 bridgehead atoms. The van der Waals surface area contributed by atoms with Crippen molar-refractivity contribution in [1.29, 1.82) is 0 Å². The number of ether oxygens (including phenoxy) is 1. The van der Waals surface area contributed by atoms with Gasteiger partial charge in [-0.05, 0) is 42.0 Å². The van der Waals surface area contributed by atoms with Crippen molar-refractivity contribution in [1.82, 2.24) is 15.5 Å². The Kier molecular flexibility index (Phi) is 5.33. The highest BCUT2D eigenvalue weighted by Gasteiger charge is 2.12. The van der Waals surface area contributed by atoms with Crippen LogP contribution in [0.4, 0.5) is 0 Å². The highest BCUT2D eigenvalue weighted by molar-refractivity contribution is 5.94. The molecule has 1 aromatic heterocycles. The number of benzene rings is 3. The first-order valence-corrected chi connectivity index (χ1v) is 9.13. The third kappa shape index (κ3) is 4.32. The molecule has 4 aromatic rings. The number of hydrogen-bond donors (Lipinski definition) is 1. The largest absolute Gasteiger partial charge is 0.497 e. The number of carbonyl (C=O) groups excluding carboxylic acids is 1. The van der Waals surface area contributed by atoms with Crippen molar-refractivity contribution in [3.63, 3.8) is 0 Å². The molecule has 3 aromatic carbocycles. The van der Waals surface area contributed by atoms with Gasteiger partial charge in [0.1, 0.15) is 5.75 Å². The van der Waals surface area contributed by atoms with Crippen LogP contribution >= 0.6 is 0 Å². The van der Waals surface area contributed by atoms with E-state index in [1.54, 1.807) is 31.4 Å². The van der Waals surface area contributed by atoms with E-state index < -0.39 is 0 Å². The van der Waals surface area contributed by atoms with E-state index in [1.807, 2.05) is 54.6 Å². The molecule has 0 spiro atoms. The van der Waals surface area contributed by atoms with E-state index in [1.165, 1.54) is 0 Å². The van der Waals surface area contributed by atoms with Crippen LogP contribution in [0.2, 0.25) is 0 Å². The number of nitrogens with zero attached hydrogens (tertiary/aromatic N) is 2. The van der Waals surface area contributed by atoms with E-state index in [2.05, 4.69) is 15.5 Å². The normalized spacial score (nSPS) is 10.5. The molecule has 29 heavy (non-hydrogen) atoms. The van der Waals surface area contributed by atoms with Gasteiger partial charge in [-0.2, -0.15) is 4.98 Å². The maximum Gasteiger partial charge on any atom is 0.258 e. The van der Waals surface area contributed by atoms with Crippen molar-refractivity contribution < 1.29 is 14.1 Å². The lowest BCUT2D eigenvalue weighted by atomic mass is 10.1. The summed E-state index contributed by atoms with van der Waals surface area (Å²) >= 11 is 0. The Morgan fingerprint density at radius 2 is 1.62 bits per heavy atom. The fourth-order valence-electron chi connectivity index (χ4n) is 2.84. The molecule has 0 aliphatic carbocycles. The van der Waals surface area contributed by atoms with Gasteiger partial charge in [-0.1, -0.05) is 47.6 Å². The van der Waals surface area contributed by atoms with Gasteiger partial charge in [0, 0.05) is 23.2 Å². The summed E-state index contributed by atoms with van der Waals surface area (Å²) in [4.78, 5) is 16.8. The minimum Gasteiger partial charge on any atom is -0.497 e. The average Bonchev–Trinajstić information content (AvgIpc) is 3.29. The molecule has 144 valence electrons. The second kappa shape index (κ2) is 8.39.